The molecule has 0 atom stereocenters. The van der Waals surface area contributed by atoms with Crippen LogP contribution in [0.15, 0.2) is 42.5 Å². The average Bonchev–Trinajstić information content (AvgIpc) is 2.65. The van der Waals surface area contributed by atoms with E-state index in [1.807, 2.05) is 0 Å². The first kappa shape index (κ1) is 20.4. The number of carbonyl (C=O) groups is 2. The smallest absolute Gasteiger partial charge is 0.416 e. The number of ether oxygens (including phenoxy) is 1. The van der Waals surface area contributed by atoms with Gasteiger partial charge in [0.15, 0.2) is 5.78 Å². The highest BCUT2D eigenvalue weighted by atomic mass is 19.4. The lowest BCUT2D eigenvalue weighted by Crippen LogP contribution is -2.15. The van der Waals surface area contributed by atoms with Crippen molar-refractivity contribution in [1.82, 2.24) is 0 Å². The van der Waals surface area contributed by atoms with E-state index in [1.165, 1.54) is 13.2 Å². The second kappa shape index (κ2) is 8.68. The Balaban J connectivity index is 1.99. The molecule has 0 bridgehead atoms. The van der Waals surface area contributed by atoms with Gasteiger partial charge in [-0.15, -0.1) is 0 Å². The summed E-state index contributed by atoms with van der Waals surface area (Å²) in [4.78, 5) is 24.1. The number of benzene rings is 2. The molecule has 1 amide bonds. The number of amides is 1. The van der Waals surface area contributed by atoms with Crippen molar-refractivity contribution >= 4 is 17.4 Å². The van der Waals surface area contributed by atoms with Crippen LogP contribution in [0.1, 0.15) is 34.3 Å². The van der Waals surface area contributed by atoms with Gasteiger partial charge in [0.1, 0.15) is 5.75 Å². The molecule has 2 aromatic carbocycles. The number of rotatable bonds is 7. The number of hydrogen-bond donors (Lipinski definition) is 2. The Labute approximate surface area is 154 Å². The molecule has 144 valence electrons. The van der Waals surface area contributed by atoms with E-state index in [0.29, 0.717) is 11.3 Å². The molecule has 3 N–H and O–H groups in total. The minimum Gasteiger partial charge on any atom is -0.497 e. The van der Waals surface area contributed by atoms with Crippen molar-refractivity contribution in [3.63, 3.8) is 0 Å². The SMILES string of the molecule is COc1ccc(C(=O)CCC(=O)Nc2cc(CN)cc(C(F)(F)F)c2)cc1. The van der Waals surface area contributed by atoms with Crippen molar-refractivity contribution in [2.24, 2.45) is 5.73 Å². The van der Waals surface area contributed by atoms with Gasteiger partial charge in [-0.05, 0) is 48.0 Å². The molecule has 27 heavy (non-hydrogen) atoms. The maximum atomic E-state index is 12.9. The lowest BCUT2D eigenvalue weighted by molar-refractivity contribution is -0.137. The van der Waals surface area contributed by atoms with Crippen LogP contribution in [0.3, 0.4) is 0 Å². The Morgan fingerprint density at radius 3 is 2.30 bits per heavy atom. The number of anilines is 1. The van der Waals surface area contributed by atoms with Crippen molar-refractivity contribution in [3.05, 3.63) is 59.2 Å². The number of halogens is 3. The Morgan fingerprint density at radius 2 is 1.74 bits per heavy atom. The van der Waals surface area contributed by atoms with Gasteiger partial charge >= 0.3 is 6.18 Å². The van der Waals surface area contributed by atoms with Gasteiger partial charge in [0.2, 0.25) is 5.91 Å². The van der Waals surface area contributed by atoms with E-state index in [0.717, 1.165) is 12.1 Å². The third-order valence-electron chi connectivity index (χ3n) is 3.83. The quantitative estimate of drug-likeness (QED) is 0.717. The lowest BCUT2D eigenvalue weighted by atomic mass is 10.1. The summed E-state index contributed by atoms with van der Waals surface area (Å²) in [7, 11) is 1.50. The van der Waals surface area contributed by atoms with Gasteiger partial charge in [-0.25, -0.2) is 0 Å². The van der Waals surface area contributed by atoms with Crippen molar-refractivity contribution in [1.29, 1.82) is 0 Å². The summed E-state index contributed by atoms with van der Waals surface area (Å²) in [6, 6.07) is 9.57. The average molecular weight is 380 g/mol. The first-order valence-corrected chi connectivity index (χ1v) is 8.11. The molecule has 2 rings (SSSR count). The van der Waals surface area contributed by atoms with Crippen LogP contribution in [0, 0.1) is 0 Å². The van der Waals surface area contributed by atoms with Crippen LogP contribution < -0.4 is 15.8 Å². The number of hydrogen-bond acceptors (Lipinski definition) is 4. The van der Waals surface area contributed by atoms with E-state index < -0.39 is 17.6 Å². The standard InChI is InChI=1S/C19H19F3N2O3/c1-27-16-4-2-13(3-5-16)17(25)6-7-18(26)24-15-9-12(11-23)8-14(10-15)19(20,21)22/h2-5,8-10H,6-7,11,23H2,1H3,(H,24,26). The van der Waals surface area contributed by atoms with Crippen LogP contribution in [-0.4, -0.2) is 18.8 Å². The van der Waals surface area contributed by atoms with Gasteiger partial charge in [0, 0.05) is 30.6 Å². The zero-order valence-corrected chi connectivity index (χ0v) is 14.6. The van der Waals surface area contributed by atoms with Crippen LogP contribution in [0.2, 0.25) is 0 Å². The van der Waals surface area contributed by atoms with Gasteiger partial charge < -0.3 is 15.8 Å². The molecule has 0 aliphatic carbocycles. The first-order valence-electron chi connectivity index (χ1n) is 8.11. The van der Waals surface area contributed by atoms with E-state index in [-0.39, 0.29) is 36.4 Å². The van der Waals surface area contributed by atoms with E-state index in [4.69, 9.17) is 10.5 Å². The lowest BCUT2D eigenvalue weighted by Gasteiger charge is -2.12. The second-order valence-electron chi connectivity index (χ2n) is 5.82. The molecule has 8 heteroatoms. The summed E-state index contributed by atoms with van der Waals surface area (Å²) in [5.74, 6) is -0.205. The molecule has 0 saturated heterocycles. The molecular formula is C19H19F3N2O3. The van der Waals surface area contributed by atoms with Crippen molar-refractivity contribution in [2.75, 3.05) is 12.4 Å². The van der Waals surface area contributed by atoms with Crippen LogP contribution in [0.5, 0.6) is 5.75 Å². The maximum absolute atomic E-state index is 12.9. The molecule has 0 unspecified atom stereocenters. The number of ketones is 1. The minimum atomic E-state index is -4.55. The molecule has 0 fully saturated rings. The monoisotopic (exact) mass is 380 g/mol. The fourth-order valence-electron chi connectivity index (χ4n) is 2.42. The van der Waals surface area contributed by atoms with E-state index >= 15 is 0 Å². The van der Waals surface area contributed by atoms with Crippen molar-refractivity contribution in [3.8, 4) is 5.75 Å². The van der Waals surface area contributed by atoms with E-state index in [1.54, 1.807) is 24.3 Å². The maximum Gasteiger partial charge on any atom is 0.416 e. The molecule has 0 spiro atoms. The molecule has 0 aliphatic rings. The molecule has 0 aliphatic heterocycles. The highest BCUT2D eigenvalue weighted by molar-refractivity contribution is 6.00. The largest absolute Gasteiger partial charge is 0.497 e. The zero-order valence-electron chi connectivity index (χ0n) is 14.6. The summed E-state index contributed by atoms with van der Waals surface area (Å²) < 4.78 is 43.7. The van der Waals surface area contributed by atoms with Gasteiger partial charge in [0.05, 0.1) is 12.7 Å². The molecule has 0 heterocycles. The molecule has 0 radical (unpaired) electrons. The third-order valence-corrected chi connectivity index (χ3v) is 3.83. The van der Waals surface area contributed by atoms with Gasteiger partial charge in [-0.2, -0.15) is 13.2 Å². The van der Waals surface area contributed by atoms with Crippen LogP contribution in [0.4, 0.5) is 18.9 Å². The van der Waals surface area contributed by atoms with Crippen molar-refractivity contribution in [2.45, 2.75) is 25.6 Å². The molecular weight excluding hydrogens is 361 g/mol. The summed E-state index contributed by atoms with van der Waals surface area (Å²) in [5.41, 5.74) is 5.18. The molecule has 2 aromatic rings. The third kappa shape index (κ3) is 5.82. The number of methoxy groups -OCH3 is 1. The topological polar surface area (TPSA) is 81.4 Å². The normalized spacial score (nSPS) is 11.1. The Kier molecular flexibility index (Phi) is 6.57. The van der Waals surface area contributed by atoms with Gasteiger partial charge in [0.25, 0.3) is 0 Å². The summed E-state index contributed by atoms with van der Waals surface area (Å²) in [6.07, 6.45) is -4.77. The highest BCUT2D eigenvalue weighted by Crippen LogP contribution is 2.32. The number of Topliss-reactive ketones (excluding diaryl/α,β-unsaturated/α-hetero) is 1. The number of alkyl halides is 3. The zero-order chi connectivity index (χ0) is 20.0. The number of carbonyl (C=O) groups excluding carboxylic acids is 2. The van der Waals surface area contributed by atoms with Gasteiger partial charge in [-0.3, -0.25) is 9.59 Å². The predicted octanol–water partition coefficient (Wildman–Crippen LogP) is 3.77. The predicted molar refractivity (Wildman–Crippen MR) is 94.5 cm³/mol. The number of nitrogens with two attached hydrogens (primary N) is 1. The van der Waals surface area contributed by atoms with Gasteiger partial charge in [-0.1, -0.05) is 0 Å². The summed E-state index contributed by atoms with van der Waals surface area (Å²) in [5, 5.41) is 2.39. The van der Waals surface area contributed by atoms with Crippen LogP contribution >= 0.6 is 0 Å². The molecule has 0 aromatic heterocycles. The number of nitrogens with one attached hydrogen (secondary N) is 1. The molecule has 0 saturated carbocycles. The Hall–Kier alpha value is -2.87. The second-order valence-corrected chi connectivity index (χ2v) is 5.82. The Bertz CT molecular complexity index is 818. The van der Waals surface area contributed by atoms with Crippen LogP contribution in [-0.2, 0) is 17.5 Å². The van der Waals surface area contributed by atoms with Crippen molar-refractivity contribution < 1.29 is 27.5 Å². The fourth-order valence-corrected chi connectivity index (χ4v) is 2.42. The highest BCUT2D eigenvalue weighted by Gasteiger charge is 2.31. The summed E-state index contributed by atoms with van der Waals surface area (Å²) >= 11 is 0. The van der Waals surface area contributed by atoms with Crippen LogP contribution in [0.25, 0.3) is 0 Å². The summed E-state index contributed by atoms with van der Waals surface area (Å²) in [6.45, 7) is -0.0945. The fraction of sp³-hybridized carbons (Fsp3) is 0.263. The minimum absolute atomic E-state index is 0.00725. The Morgan fingerprint density at radius 1 is 1.07 bits per heavy atom. The van der Waals surface area contributed by atoms with E-state index in [2.05, 4.69) is 5.32 Å². The first-order chi connectivity index (χ1) is 12.7. The molecule has 5 nitrogen and oxygen atoms in total. The van der Waals surface area contributed by atoms with E-state index in [9.17, 15) is 22.8 Å².